The number of nitrogens with zero attached hydrogens (tertiary/aromatic N) is 1. The van der Waals surface area contributed by atoms with Crippen molar-refractivity contribution >= 4 is 11.4 Å². The Bertz CT molecular complexity index is 837. The minimum atomic E-state index is -0.00685. The summed E-state index contributed by atoms with van der Waals surface area (Å²) in [6.07, 6.45) is 4.84. The molecule has 0 bridgehead atoms. The number of benzene rings is 3. The predicted molar refractivity (Wildman–Crippen MR) is 109 cm³/mol. The van der Waals surface area contributed by atoms with Gasteiger partial charge in [0.2, 0.25) is 0 Å². The van der Waals surface area contributed by atoms with E-state index >= 15 is 0 Å². The third kappa shape index (κ3) is 3.58. The first kappa shape index (κ1) is 16.7. The Hall–Kier alpha value is -2.78. The van der Waals surface area contributed by atoms with Crippen LogP contribution in [0.4, 0.5) is 11.4 Å². The molecule has 1 aliphatic carbocycles. The fraction of sp³-hybridized carbons (Fsp3) is 0.217. The third-order valence-corrected chi connectivity index (χ3v) is 5.05. The molecule has 0 aromatic heterocycles. The molecule has 3 heteroatoms. The van der Waals surface area contributed by atoms with Gasteiger partial charge in [0.15, 0.2) is 0 Å². The number of rotatable bonds is 2. The average Bonchev–Trinajstić information content (AvgIpc) is 3.28. The smallest absolute Gasteiger partial charge is 0.101 e. The van der Waals surface area contributed by atoms with Gasteiger partial charge < -0.3 is 5.73 Å². The van der Waals surface area contributed by atoms with Crippen LogP contribution in [0.1, 0.15) is 23.1 Å². The van der Waals surface area contributed by atoms with Gasteiger partial charge in [0.05, 0.1) is 11.4 Å². The Morgan fingerprint density at radius 3 is 2.00 bits per heavy atom. The quantitative estimate of drug-likeness (QED) is 0.718. The van der Waals surface area contributed by atoms with E-state index in [-0.39, 0.29) is 6.17 Å². The summed E-state index contributed by atoms with van der Waals surface area (Å²) < 4.78 is 0. The first-order valence-corrected chi connectivity index (χ1v) is 9.32. The van der Waals surface area contributed by atoms with Gasteiger partial charge in [-0.2, -0.15) is 0 Å². The van der Waals surface area contributed by atoms with Gasteiger partial charge >= 0.3 is 0 Å². The summed E-state index contributed by atoms with van der Waals surface area (Å²) in [6.45, 7) is 0. The molecule has 132 valence electrons. The number of aryl methyl sites for hydroxylation is 2. The van der Waals surface area contributed by atoms with Gasteiger partial charge in [0.25, 0.3) is 0 Å². The lowest BCUT2D eigenvalue weighted by molar-refractivity contribution is 0.693. The molecular weight excluding hydrogens is 318 g/mol. The Labute approximate surface area is 155 Å². The highest BCUT2D eigenvalue weighted by Gasteiger charge is 2.25. The van der Waals surface area contributed by atoms with Crippen molar-refractivity contribution in [1.29, 1.82) is 0 Å². The predicted octanol–water partition coefficient (Wildman–Crippen LogP) is 4.54. The van der Waals surface area contributed by atoms with Gasteiger partial charge in [-0.05, 0) is 54.2 Å². The number of hydrogen-bond donors (Lipinski definition) is 2. The van der Waals surface area contributed by atoms with Gasteiger partial charge in [0, 0.05) is 6.42 Å². The second-order valence-electron chi connectivity index (χ2n) is 6.87. The zero-order valence-corrected chi connectivity index (χ0v) is 14.9. The molecule has 0 spiro atoms. The minimum absolute atomic E-state index is 0.00685. The Morgan fingerprint density at radius 1 is 0.731 bits per heavy atom. The Kier molecular flexibility index (Phi) is 4.89. The Morgan fingerprint density at radius 2 is 1.31 bits per heavy atom. The second kappa shape index (κ2) is 7.63. The van der Waals surface area contributed by atoms with Crippen LogP contribution in [0.5, 0.6) is 0 Å². The van der Waals surface area contributed by atoms with Crippen molar-refractivity contribution in [3.05, 3.63) is 95.6 Å². The highest BCUT2D eigenvalue weighted by molar-refractivity contribution is 5.63. The van der Waals surface area contributed by atoms with E-state index in [1.165, 1.54) is 30.5 Å². The van der Waals surface area contributed by atoms with Crippen molar-refractivity contribution < 1.29 is 0 Å². The zero-order chi connectivity index (χ0) is 17.8. The van der Waals surface area contributed by atoms with E-state index in [0.717, 1.165) is 12.1 Å². The number of para-hydroxylation sites is 2. The summed E-state index contributed by atoms with van der Waals surface area (Å²) in [7, 11) is 0. The van der Waals surface area contributed by atoms with E-state index in [1.807, 2.05) is 41.4 Å². The SMILES string of the molecule is NC1Cc2ccccc2N1Nc1ccccc1.c1ccc2c(c1)CCC2. The molecule has 1 aliphatic heterocycles. The third-order valence-electron chi connectivity index (χ3n) is 5.05. The lowest BCUT2D eigenvalue weighted by Crippen LogP contribution is -2.43. The molecule has 3 N–H and O–H groups in total. The maximum Gasteiger partial charge on any atom is 0.101 e. The lowest BCUT2D eigenvalue weighted by Gasteiger charge is -2.26. The summed E-state index contributed by atoms with van der Waals surface area (Å²) in [4.78, 5) is 0. The maximum atomic E-state index is 6.14. The van der Waals surface area contributed by atoms with E-state index < -0.39 is 0 Å². The summed E-state index contributed by atoms with van der Waals surface area (Å²) in [5.74, 6) is 0. The molecule has 3 aromatic carbocycles. The fourth-order valence-electron chi connectivity index (χ4n) is 3.72. The molecule has 26 heavy (non-hydrogen) atoms. The van der Waals surface area contributed by atoms with E-state index in [0.29, 0.717) is 0 Å². The van der Waals surface area contributed by atoms with Gasteiger partial charge in [-0.15, -0.1) is 0 Å². The summed E-state index contributed by atoms with van der Waals surface area (Å²) in [5.41, 5.74) is 16.2. The van der Waals surface area contributed by atoms with Crippen molar-refractivity contribution in [2.24, 2.45) is 5.73 Å². The molecule has 1 unspecified atom stereocenters. The molecule has 0 saturated carbocycles. The number of hydrogen-bond acceptors (Lipinski definition) is 3. The van der Waals surface area contributed by atoms with Gasteiger partial charge in [-0.3, -0.25) is 10.4 Å². The summed E-state index contributed by atoms with van der Waals surface area (Å²) in [6, 6.07) is 27.1. The van der Waals surface area contributed by atoms with E-state index in [2.05, 4.69) is 47.9 Å². The number of anilines is 2. The van der Waals surface area contributed by atoms with Crippen LogP contribution in [0, 0.1) is 0 Å². The van der Waals surface area contributed by atoms with Crippen LogP contribution in [0.15, 0.2) is 78.9 Å². The van der Waals surface area contributed by atoms with Crippen LogP contribution in [-0.2, 0) is 19.3 Å². The molecule has 0 saturated heterocycles. The summed E-state index contributed by atoms with van der Waals surface area (Å²) in [5, 5.41) is 2.03. The van der Waals surface area contributed by atoms with Crippen molar-refractivity contribution in [2.75, 3.05) is 10.4 Å². The fourth-order valence-corrected chi connectivity index (χ4v) is 3.72. The first-order valence-electron chi connectivity index (χ1n) is 9.32. The van der Waals surface area contributed by atoms with Crippen molar-refractivity contribution in [3.63, 3.8) is 0 Å². The number of nitrogens with one attached hydrogen (secondary N) is 1. The number of hydrazine groups is 1. The van der Waals surface area contributed by atoms with Gasteiger partial charge in [-0.1, -0.05) is 60.7 Å². The minimum Gasteiger partial charge on any atom is -0.309 e. The average molecular weight is 343 g/mol. The van der Waals surface area contributed by atoms with Crippen molar-refractivity contribution in [2.45, 2.75) is 31.8 Å². The van der Waals surface area contributed by atoms with Crippen LogP contribution in [0.3, 0.4) is 0 Å². The molecule has 1 heterocycles. The van der Waals surface area contributed by atoms with Crippen molar-refractivity contribution in [1.82, 2.24) is 0 Å². The second-order valence-corrected chi connectivity index (χ2v) is 6.87. The molecule has 0 amide bonds. The van der Waals surface area contributed by atoms with Gasteiger partial charge in [0.1, 0.15) is 6.17 Å². The monoisotopic (exact) mass is 343 g/mol. The molecule has 3 nitrogen and oxygen atoms in total. The largest absolute Gasteiger partial charge is 0.309 e. The van der Waals surface area contributed by atoms with Crippen molar-refractivity contribution in [3.8, 4) is 0 Å². The van der Waals surface area contributed by atoms with E-state index in [9.17, 15) is 0 Å². The molecular formula is C23H25N3. The van der Waals surface area contributed by atoms with E-state index in [4.69, 9.17) is 5.73 Å². The maximum absolute atomic E-state index is 6.14. The van der Waals surface area contributed by atoms with Crippen LogP contribution >= 0.6 is 0 Å². The number of nitrogens with two attached hydrogens (primary N) is 1. The first-order chi connectivity index (χ1) is 12.8. The van der Waals surface area contributed by atoms with Crippen LogP contribution in [-0.4, -0.2) is 6.17 Å². The normalized spacial score (nSPS) is 17.1. The highest BCUT2D eigenvalue weighted by atomic mass is 15.6. The highest BCUT2D eigenvalue weighted by Crippen LogP contribution is 2.30. The number of fused-ring (bicyclic) bond motifs is 2. The van der Waals surface area contributed by atoms with Crippen LogP contribution < -0.4 is 16.2 Å². The standard InChI is InChI=1S/C14H15N3.C9H10/c15-14-10-11-6-4-5-9-13(11)17(14)16-12-7-2-1-3-8-12;1-2-5-9-7-3-6-8(9)4-1/h1-9,14,16H,10,15H2;1-2,4-5H,3,6-7H2. The molecule has 2 aliphatic rings. The molecule has 5 rings (SSSR count). The van der Waals surface area contributed by atoms with Crippen LogP contribution in [0.25, 0.3) is 0 Å². The van der Waals surface area contributed by atoms with Crippen LogP contribution in [0.2, 0.25) is 0 Å². The zero-order valence-electron chi connectivity index (χ0n) is 14.9. The molecule has 0 radical (unpaired) electrons. The Balaban J connectivity index is 0.000000157. The molecule has 0 fully saturated rings. The van der Waals surface area contributed by atoms with E-state index in [1.54, 1.807) is 11.1 Å². The lowest BCUT2D eigenvalue weighted by atomic mass is 10.1. The van der Waals surface area contributed by atoms with Gasteiger partial charge in [-0.25, -0.2) is 0 Å². The topological polar surface area (TPSA) is 41.3 Å². The summed E-state index contributed by atoms with van der Waals surface area (Å²) >= 11 is 0. The molecule has 3 aromatic rings. The molecule has 1 atom stereocenters.